The molecule has 5 heteroatoms. The second-order valence-electron chi connectivity index (χ2n) is 9.32. The number of aryl methyl sites for hydroxylation is 2. The predicted octanol–water partition coefficient (Wildman–Crippen LogP) is 6.22. The Balaban J connectivity index is 1.48. The molecule has 0 N–H and O–H groups in total. The van der Waals surface area contributed by atoms with Gasteiger partial charge in [0.2, 0.25) is 0 Å². The first-order chi connectivity index (χ1) is 15.9. The number of hydrogen-bond donors (Lipinski definition) is 0. The van der Waals surface area contributed by atoms with Gasteiger partial charge in [-0.25, -0.2) is 0 Å². The van der Waals surface area contributed by atoms with E-state index in [2.05, 4.69) is 44.2 Å². The van der Waals surface area contributed by atoms with Crippen LogP contribution < -0.4 is 4.74 Å². The Bertz CT molecular complexity index is 953. The normalized spacial score (nSPS) is 20.8. The van der Waals surface area contributed by atoms with Crippen molar-refractivity contribution in [1.82, 2.24) is 0 Å². The van der Waals surface area contributed by atoms with E-state index in [9.17, 15) is 4.79 Å². The fraction of sp³-hybridized carbons (Fsp3) is 0.536. The molecule has 2 aromatic rings. The van der Waals surface area contributed by atoms with E-state index < -0.39 is 0 Å². The Hall–Kier alpha value is -2.37. The number of ether oxygens (including phenoxy) is 4. The van der Waals surface area contributed by atoms with E-state index in [1.807, 2.05) is 6.92 Å². The first-order valence-electron chi connectivity index (χ1n) is 12.2. The standard InChI is InChI=1S/C28H36O5/c1-18-16-22(30-15-13-20(3)32-21(4)29)17-19(2)28(18)25-9-7-8-24-23(25)11-12-26(24)33-27-10-5-6-14-31-27/h7-9,16-17,20,26-27H,5-6,10-15H2,1-4H3/t20-,26?,27?/m1/s1. The minimum Gasteiger partial charge on any atom is -0.493 e. The van der Waals surface area contributed by atoms with Crippen LogP contribution in [0.15, 0.2) is 30.3 Å². The molecule has 4 rings (SSSR count). The third kappa shape index (κ3) is 5.77. The molecule has 1 heterocycles. The van der Waals surface area contributed by atoms with Crippen molar-refractivity contribution in [1.29, 1.82) is 0 Å². The van der Waals surface area contributed by atoms with Gasteiger partial charge >= 0.3 is 5.97 Å². The first-order valence-corrected chi connectivity index (χ1v) is 12.2. The molecule has 1 aliphatic heterocycles. The van der Waals surface area contributed by atoms with E-state index in [4.69, 9.17) is 18.9 Å². The molecular weight excluding hydrogens is 416 g/mol. The van der Waals surface area contributed by atoms with Gasteiger partial charge in [0.1, 0.15) is 11.9 Å². The van der Waals surface area contributed by atoms with Gasteiger partial charge in [-0.1, -0.05) is 18.2 Å². The maximum atomic E-state index is 11.1. The molecule has 1 fully saturated rings. The SMILES string of the molecule is CC(=O)O[C@H](C)CCOc1cc(C)c(-c2cccc3c2CCC3OC2CCCCO2)c(C)c1. The van der Waals surface area contributed by atoms with E-state index in [-0.39, 0.29) is 24.5 Å². The molecule has 33 heavy (non-hydrogen) atoms. The molecule has 0 radical (unpaired) electrons. The van der Waals surface area contributed by atoms with Gasteiger partial charge in [0.25, 0.3) is 0 Å². The maximum Gasteiger partial charge on any atom is 0.302 e. The van der Waals surface area contributed by atoms with E-state index in [0.29, 0.717) is 13.0 Å². The summed E-state index contributed by atoms with van der Waals surface area (Å²) in [5, 5.41) is 0. The van der Waals surface area contributed by atoms with E-state index >= 15 is 0 Å². The van der Waals surface area contributed by atoms with Crippen molar-refractivity contribution in [2.24, 2.45) is 0 Å². The number of carbonyl (C=O) groups is 1. The molecule has 2 aliphatic rings. The highest BCUT2D eigenvalue weighted by Crippen LogP contribution is 2.43. The van der Waals surface area contributed by atoms with Gasteiger partial charge in [-0.3, -0.25) is 4.79 Å². The zero-order valence-electron chi connectivity index (χ0n) is 20.3. The zero-order chi connectivity index (χ0) is 23.4. The monoisotopic (exact) mass is 452 g/mol. The van der Waals surface area contributed by atoms with Crippen LogP contribution in [0.4, 0.5) is 0 Å². The number of rotatable bonds is 8. The van der Waals surface area contributed by atoms with Crippen LogP contribution in [0.3, 0.4) is 0 Å². The number of hydrogen-bond acceptors (Lipinski definition) is 5. The molecule has 1 saturated heterocycles. The summed E-state index contributed by atoms with van der Waals surface area (Å²) in [7, 11) is 0. The van der Waals surface area contributed by atoms with Crippen LogP contribution >= 0.6 is 0 Å². The number of esters is 1. The minimum atomic E-state index is -0.257. The average molecular weight is 453 g/mol. The molecule has 3 atom stereocenters. The molecular formula is C28H36O5. The third-order valence-electron chi connectivity index (χ3n) is 6.61. The number of benzene rings is 2. The van der Waals surface area contributed by atoms with Crippen LogP contribution in [0.5, 0.6) is 5.75 Å². The highest BCUT2D eigenvalue weighted by Gasteiger charge is 2.29. The van der Waals surface area contributed by atoms with Gasteiger partial charge < -0.3 is 18.9 Å². The highest BCUT2D eigenvalue weighted by atomic mass is 16.7. The van der Waals surface area contributed by atoms with Gasteiger partial charge in [0.05, 0.1) is 12.7 Å². The Morgan fingerprint density at radius 3 is 2.64 bits per heavy atom. The molecule has 0 aromatic heterocycles. The van der Waals surface area contributed by atoms with E-state index in [1.54, 1.807) is 0 Å². The Kier molecular flexibility index (Phi) is 7.71. The fourth-order valence-corrected chi connectivity index (χ4v) is 5.11. The summed E-state index contributed by atoms with van der Waals surface area (Å²) < 4.78 is 23.3. The van der Waals surface area contributed by atoms with Crippen molar-refractivity contribution in [3.63, 3.8) is 0 Å². The van der Waals surface area contributed by atoms with Crippen LogP contribution in [0.2, 0.25) is 0 Å². The predicted molar refractivity (Wildman–Crippen MR) is 128 cm³/mol. The summed E-state index contributed by atoms with van der Waals surface area (Å²) in [4.78, 5) is 11.1. The largest absolute Gasteiger partial charge is 0.493 e. The van der Waals surface area contributed by atoms with E-state index in [0.717, 1.165) is 38.0 Å². The summed E-state index contributed by atoms with van der Waals surface area (Å²) in [6.07, 6.45) is 5.90. The van der Waals surface area contributed by atoms with Gasteiger partial charge in [-0.2, -0.15) is 0 Å². The summed E-state index contributed by atoms with van der Waals surface area (Å²) in [6.45, 7) is 8.93. The molecule has 1 aliphatic carbocycles. The van der Waals surface area contributed by atoms with Crippen molar-refractivity contribution >= 4 is 5.97 Å². The fourth-order valence-electron chi connectivity index (χ4n) is 5.11. The van der Waals surface area contributed by atoms with Crippen molar-refractivity contribution in [2.75, 3.05) is 13.2 Å². The van der Waals surface area contributed by atoms with Crippen LogP contribution in [-0.4, -0.2) is 31.6 Å². The molecule has 2 unspecified atom stereocenters. The molecule has 0 saturated carbocycles. The molecule has 0 bridgehead atoms. The Morgan fingerprint density at radius 2 is 1.94 bits per heavy atom. The lowest BCUT2D eigenvalue weighted by Crippen LogP contribution is -2.23. The van der Waals surface area contributed by atoms with Crippen molar-refractivity contribution in [3.8, 4) is 16.9 Å². The number of carbonyl (C=O) groups excluding carboxylic acids is 1. The van der Waals surface area contributed by atoms with Gasteiger partial charge in [0, 0.05) is 20.0 Å². The van der Waals surface area contributed by atoms with Crippen molar-refractivity contribution in [3.05, 3.63) is 52.6 Å². The lowest BCUT2D eigenvalue weighted by atomic mass is 9.90. The van der Waals surface area contributed by atoms with Gasteiger partial charge in [0.15, 0.2) is 6.29 Å². The van der Waals surface area contributed by atoms with Crippen LogP contribution in [0.25, 0.3) is 11.1 Å². The molecule has 0 spiro atoms. The summed E-state index contributed by atoms with van der Waals surface area (Å²) in [6, 6.07) is 10.8. The second kappa shape index (κ2) is 10.7. The van der Waals surface area contributed by atoms with E-state index in [1.165, 1.54) is 46.7 Å². The topological polar surface area (TPSA) is 54.0 Å². The van der Waals surface area contributed by atoms with Crippen molar-refractivity contribution in [2.45, 2.75) is 84.7 Å². The van der Waals surface area contributed by atoms with Crippen LogP contribution in [-0.2, 0) is 25.4 Å². The Morgan fingerprint density at radius 1 is 1.15 bits per heavy atom. The minimum absolute atomic E-state index is 0.0678. The van der Waals surface area contributed by atoms with Crippen LogP contribution in [0, 0.1) is 13.8 Å². The molecule has 0 amide bonds. The lowest BCUT2D eigenvalue weighted by molar-refractivity contribution is -0.189. The zero-order valence-corrected chi connectivity index (χ0v) is 20.3. The smallest absolute Gasteiger partial charge is 0.302 e. The second-order valence-corrected chi connectivity index (χ2v) is 9.32. The first kappa shape index (κ1) is 23.8. The third-order valence-corrected chi connectivity index (χ3v) is 6.61. The van der Waals surface area contributed by atoms with Gasteiger partial charge in [-0.05, 0) is 98.4 Å². The Labute approximate surface area is 197 Å². The summed E-state index contributed by atoms with van der Waals surface area (Å²) >= 11 is 0. The molecule has 5 nitrogen and oxygen atoms in total. The molecule has 178 valence electrons. The quantitative estimate of drug-likeness (QED) is 0.445. The highest BCUT2D eigenvalue weighted by molar-refractivity contribution is 5.76. The summed E-state index contributed by atoms with van der Waals surface area (Å²) in [5.41, 5.74) is 7.68. The lowest BCUT2D eigenvalue weighted by Gasteiger charge is -2.26. The van der Waals surface area contributed by atoms with Gasteiger partial charge in [-0.15, -0.1) is 0 Å². The molecule has 2 aromatic carbocycles. The van der Waals surface area contributed by atoms with Crippen molar-refractivity contribution < 1.29 is 23.7 Å². The maximum absolute atomic E-state index is 11.1. The van der Waals surface area contributed by atoms with Crippen LogP contribution in [0.1, 0.15) is 74.3 Å². The summed E-state index contributed by atoms with van der Waals surface area (Å²) in [5.74, 6) is 0.597. The average Bonchev–Trinajstić information content (AvgIpc) is 3.17. The number of fused-ring (bicyclic) bond motifs is 1.